The van der Waals surface area contributed by atoms with Crippen molar-refractivity contribution in [3.05, 3.63) is 36.0 Å². The number of aliphatic carboxylic acids is 1. The van der Waals surface area contributed by atoms with Crippen molar-refractivity contribution in [1.82, 2.24) is 36.1 Å². The number of likely N-dealkylation sites (tertiary alicyclic amines) is 1. The van der Waals surface area contributed by atoms with Crippen molar-refractivity contribution in [3.63, 3.8) is 0 Å². The number of nitrogens with zero attached hydrogens (tertiary/aromatic N) is 2. The van der Waals surface area contributed by atoms with Crippen molar-refractivity contribution in [1.29, 1.82) is 5.41 Å². The van der Waals surface area contributed by atoms with Crippen LogP contribution in [0.25, 0.3) is 10.9 Å². The van der Waals surface area contributed by atoms with E-state index in [1.807, 2.05) is 0 Å². The molecule has 0 spiro atoms. The predicted octanol–water partition coefficient (Wildman–Crippen LogP) is -2.30. The van der Waals surface area contributed by atoms with Crippen LogP contribution in [0.5, 0.6) is 0 Å². The summed E-state index contributed by atoms with van der Waals surface area (Å²) in [5.41, 5.74) is 17.9. The quantitative estimate of drug-likeness (QED) is 0.0259. The molecule has 57 heavy (non-hydrogen) atoms. The number of nitrogens with one attached hydrogen (secondary N) is 6. The Morgan fingerprint density at radius 1 is 0.947 bits per heavy atom. The molecule has 1 aromatic heterocycles. The second-order valence-corrected chi connectivity index (χ2v) is 14.2. The van der Waals surface area contributed by atoms with Crippen molar-refractivity contribution < 1.29 is 43.5 Å². The third-order valence-corrected chi connectivity index (χ3v) is 9.79. The number of rotatable bonds is 22. The first-order chi connectivity index (χ1) is 27.1. The first kappa shape index (κ1) is 46.0. The van der Waals surface area contributed by atoms with Crippen LogP contribution in [0.3, 0.4) is 0 Å². The van der Waals surface area contributed by atoms with Gasteiger partial charge in [0.1, 0.15) is 36.8 Å². The molecule has 0 unspecified atom stereocenters. The standard InChI is InChI=1S/C35H51N11O9S2/c36-11-4-3-8-22(41-27(47)10-13-56)33(54)46(35(38)39)17-28(48)42-23(15-29(49)50)31(52)43-24(14-19-16-40-21-7-2-1-6-20(19)21)34(55)45-12-5-9-26(45)32(53)44-25(18-57)30(37)51/h1-2,6-7,16,22-26,40,56-57H,3-5,8-15,17-18,36H2,(H2,37,51)(H3,38,39)(H,41,47)(H,42,48)(H,43,52)(H,44,53)(H,49,50)/t22-,23-,24-,25-,26-/m0/s1. The highest BCUT2D eigenvalue weighted by Crippen LogP contribution is 2.23. The lowest BCUT2D eigenvalue weighted by Crippen LogP contribution is -2.59. The zero-order valence-corrected chi connectivity index (χ0v) is 33.0. The molecule has 20 nitrogen and oxygen atoms in total. The van der Waals surface area contributed by atoms with Crippen LogP contribution < -0.4 is 38.5 Å². The topological polar surface area (TPSA) is 329 Å². The molecule has 1 aliphatic rings. The lowest BCUT2D eigenvalue weighted by atomic mass is 10.0. The summed E-state index contributed by atoms with van der Waals surface area (Å²) >= 11 is 8.08. The number of carbonyl (C=O) groups is 8. The fourth-order valence-corrected chi connectivity index (χ4v) is 6.80. The van der Waals surface area contributed by atoms with Gasteiger partial charge in [0.15, 0.2) is 5.96 Å². The van der Waals surface area contributed by atoms with Gasteiger partial charge in [0.05, 0.1) is 6.42 Å². The van der Waals surface area contributed by atoms with Crippen LogP contribution in [0, 0.1) is 5.41 Å². The number of benzene rings is 1. The Morgan fingerprint density at radius 3 is 2.28 bits per heavy atom. The summed E-state index contributed by atoms with van der Waals surface area (Å²) in [4.78, 5) is 109. The average Bonchev–Trinajstić information content (AvgIpc) is 3.82. The number of guanidine groups is 1. The van der Waals surface area contributed by atoms with E-state index < -0.39 is 96.5 Å². The number of thiol groups is 2. The van der Waals surface area contributed by atoms with Crippen LogP contribution in [0.15, 0.2) is 30.5 Å². The Balaban J connectivity index is 1.88. The van der Waals surface area contributed by atoms with E-state index in [1.165, 1.54) is 4.90 Å². The molecule has 1 aliphatic heterocycles. The van der Waals surface area contributed by atoms with Crippen LogP contribution in [0.1, 0.15) is 50.5 Å². The molecule has 3 rings (SSSR count). The Labute approximate surface area is 339 Å². The molecule has 1 fully saturated rings. The minimum atomic E-state index is -1.79. The summed E-state index contributed by atoms with van der Waals surface area (Å²) in [6.45, 7) is -0.493. The number of aromatic amines is 1. The summed E-state index contributed by atoms with van der Waals surface area (Å²) in [6, 6.07) is 0.662. The van der Waals surface area contributed by atoms with E-state index >= 15 is 0 Å². The summed E-state index contributed by atoms with van der Waals surface area (Å²) in [5, 5.41) is 28.3. The van der Waals surface area contributed by atoms with Crippen LogP contribution >= 0.6 is 25.3 Å². The molecule has 22 heteroatoms. The van der Waals surface area contributed by atoms with E-state index in [2.05, 4.69) is 51.5 Å². The first-order valence-electron chi connectivity index (χ1n) is 18.2. The second kappa shape index (κ2) is 22.4. The van der Waals surface area contributed by atoms with Crippen LogP contribution in [-0.2, 0) is 44.8 Å². The molecule has 5 atom stereocenters. The summed E-state index contributed by atoms with van der Waals surface area (Å²) in [7, 11) is 0. The van der Waals surface area contributed by atoms with Crippen molar-refractivity contribution >= 4 is 89.4 Å². The van der Waals surface area contributed by atoms with Crippen LogP contribution in [-0.4, -0.2) is 135 Å². The van der Waals surface area contributed by atoms with Gasteiger partial charge in [0, 0.05) is 42.2 Å². The number of H-pyrrole nitrogens is 1. The average molecular weight is 834 g/mol. The molecule has 2 heterocycles. The Hall–Kier alpha value is -5.35. The molecule has 0 radical (unpaired) electrons. The summed E-state index contributed by atoms with van der Waals surface area (Å²) in [6.07, 6.45) is 2.24. The van der Waals surface area contributed by atoms with E-state index in [4.69, 9.17) is 22.6 Å². The van der Waals surface area contributed by atoms with Gasteiger partial charge in [-0.05, 0) is 56.0 Å². The summed E-state index contributed by atoms with van der Waals surface area (Å²) in [5.74, 6) is -7.97. The number of primary amides is 1. The highest BCUT2D eigenvalue weighted by Gasteiger charge is 2.40. The molecular weight excluding hydrogens is 783 g/mol. The zero-order valence-electron chi connectivity index (χ0n) is 31.2. The lowest BCUT2D eigenvalue weighted by Gasteiger charge is -2.30. The predicted molar refractivity (Wildman–Crippen MR) is 215 cm³/mol. The minimum absolute atomic E-state index is 0.0163. The molecule has 1 aromatic carbocycles. The van der Waals surface area contributed by atoms with Gasteiger partial charge in [0.25, 0.3) is 5.91 Å². The van der Waals surface area contributed by atoms with E-state index in [0.29, 0.717) is 36.3 Å². The van der Waals surface area contributed by atoms with E-state index in [9.17, 15) is 43.5 Å². The first-order valence-corrected chi connectivity index (χ1v) is 19.5. The Bertz CT molecular complexity index is 1810. The normalized spacial score (nSPS) is 15.8. The third kappa shape index (κ3) is 13.4. The largest absolute Gasteiger partial charge is 0.481 e. The number of aromatic nitrogens is 1. The Morgan fingerprint density at radius 2 is 1.65 bits per heavy atom. The number of hydrogen-bond donors (Lipinski definition) is 12. The van der Waals surface area contributed by atoms with Gasteiger partial charge < -0.3 is 53.5 Å². The van der Waals surface area contributed by atoms with Gasteiger partial charge >= 0.3 is 5.97 Å². The van der Waals surface area contributed by atoms with Crippen molar-refractivity contribution in [2.24, 2.45) is 17.2 Å². The van der Waals surface area contributed by atoms with Gasteiger partial charge in [-0.2, -0.15) is 25.3 Å². The van der Waals surface area contributed by atoms with Crippen LogP contribution in [0.4, 0.5) is 0 Å². The molecule has 7 amide bonds. The van der Waals surface area contributed by atoms with Crippen LogP contribution in [0.2, 0.25) is 0 Å². The molecule has 0 aliphatic carbocycles. The Kier molecular flexibility index (Phi) is 18.1. The molecular formula is C35H51N11O9S2. The number of nitrogens with two attached hydrogens (primary N) is 3. The fraction of sp³-hybridized carbons (Fsp3) is 0.514. The molecule has 13 N–H and O–H groups in total. The van der Waals surface area contributed by atoms with Gasteiger partial charge in [0.2, 0.25) is 35.4 Å². The third-order valence-electron chi connectivity index (χ3n) is 9.20. The number of amides is 7. The molecule has 1 saturated heterocycles. The fourth-order valence-electron chi connectivity index (χ4n) is 6.33. The molecule has 312 valence electrons. The number of carbonyl (C=O) groups excluding carboxylic acids is 7. The number of para-hydroxylation sites is 1. The minimum Gasteiger partial charge on any atom is -0.481 e. The number of unbranched alkanes of at least 4 members (excludes halogenated alkanes) is 1. The van der Waals surface area contributed by atoms with Gasteiger partial charge in [-0.25, -0.2) is 0 Å². The number of carboxylic acid groups (broad SMARTS) is 1. The van der Waals surface area contributed by atoms with E-state index in [1.54, 1.807) is 30.5 Å². The number of hydrogen-bond acceptors (Lipinski definition) is 12. The monoisotopic (exact) mass is 833 g/mol. The van der Waals surface area contributed by atoms with Crippen molar-refractivity contribution in [3.8, 4) is 0 Å². The maximum absolute atomic E-state index is 14.3. The van der Waals surface area contributed by atoms with Gasteiger partial charge in [-0.15, -0.1) is 0 Å². The molecule has 0 bridgehead atoms. The molecule has 0 saturated carbocycles. The van der Waals surface area contributed by atoms with E-state index in [-0.39, 0.29) is 43.7 Å². The van der Waals surface area contributed by atoms with Crippen molar-refractivity contribution in [2.45, 2.75) is 81.6 Å². The maximum atomic E-state index is 14.3. The maximum Gasteiger partial charge on any atom is 0.305 e. The second-order valence-electron chi connectivity index (χ2n) is 13.4. The zero-order chi connectivity index (χ0) is 42.2. The molecule has 2 aromatic rings. The van der Waals surface area contributed by atoms with Gasteiger partial charge in [-0.3, -0.25) is 48.7 Å². The summed E-state index contributed by atoms with van der Waals surface area (Å²) < 4.78 is 0. The SMILES string of the molecule is N=C(N)N(CC(=O)N[C@@H](CC(=O)O)C(=O)N[C@@H](Cc1c[nH]c2ccccc12)C(=O)N1CCC[C@H]1C(=O)N[C@@H](CS)C(N)=O)C(=O)[C@H](CCCCN)NC(=O)CCS. The van der Waals surface area contributed by atoms with Gasteiger partial charge in [-0.1, -0.05) is 18.2 Å². The smallest absolute Gasteiger partial charge is 0.305 e. The highest BCUT2D eigenvalue weighted by molar-refractivity contribution is 7.80. The lowest BCUT2D eigenvalue weighted by molar-refractivity contribution is -0.143. The number of fused-ring (bicyclic) bond motifs is 1. The highest BCUT2D eigenvalue weighted by atomic mass is 32.1. The number of carboxylic acids is 1. The van der Waals surface area contributed by atoms with E-state index in [0.717, 1.165) is 10.9 Å². The van der Waals surface area contributed by atoms with Crippen molar-refractivity contribution in [2.75, 3.05) is 31.1 Å².